The molecule has 2 aliphatic rings. The molecule has 2 amide bonds. The monoisotopic (exact) mass is 332 g/mol. The molecule has 5 nitrogen and oxygen atoms in total. The summed E-state index contributed by atoms with van der Waals surface area (Å²) in [5.74, 6) is 1.93. The Bertz CT molecular complexity index is 596. The molecule has 0 aromatic heterocycles. The van der Waals surface area contributed by atoms with Gasteiger partial charge in [0.1, 0.15) is 5.75 Å². The van der Waals surface area contributed by atoms with Crippen molar-refractivity contribution in [2.45, 2.75) is 51.6 Å². The summed E-state index contributed by atoms with van der Waals surface area (Å²) in [5, 5.41) is 15.4. The number of ether oxygens (including phenoxy) is 1. The van der Waals surface area contributed by atoms with Crippen LogP contribution in [0.25, 0.3) is 0 Å². The van der Waals surface area contributed by atoms with Gasteiger partial charge < -0.3 is 20.5 Å². The molecular formula is C19H28N2O3. The smallest absolute Gasteiger partial charge is 0.315 e. The molecule has 2 saturated carbocycles. The number of aliphatic hydroxyl groups excluding tert-OH is 1. The van der Waals surface area contributed by atoms with E-state index in [1.165, 1.54) is 12.8 Å². The third-order valence-corrected chi connectivity index (χ3v) is 5.04. The number of carbonyl (C=O) groups is 1. The molecule has 5 heteroatoms. The molecular weight excluding hydrogens is 304 g/mol. The first-order chi connectivity index (χ1) is 11.5. The van der Waals surface area contributed by atoms with Gasteiger partial charge in [-0.1, -0.05) is 12.1 Å². The highest BCUT2D eigenvalue weighted by Crippen LogP contribution is 2.39. The van der Waals surface area contributed by atoms with Gasteiger partial charge in [0, 0.05) is 12.1 Å². The van der Waals surface area contributed by atoms with Crippen molar-refractivity contribution in [3.05, 3.63) is 29.3 Å². The van der Waals surface area contributed by atoms with E-state index in [9.17, 15) is 9.90 Å². The summed E-state index contributed by atoms with van der Waals surface area (Å²) in [6, 6.07) is 5.82. The Kier molecular flexibility index (Phi) is 4.99. The summed E-state index contributed by atoms with van der Waals surface area (Å²) in [4.78, 5) is 12.2. The van der Waals surface area contributed by atoms with Gasteiger partial charge in [0.05, 0.1) is 18.8 Å². The first-order valence-corrected chi connectivity index (χ1v) is 8.89. The van der Waals surface area contributed by atoms with Crippen molar-refractivity contribution < 1.29 is 14.6 Å². The number of carbonyl (C=O) groups excluding carboxylic acids is 1. The number of hydrogen-bond acceptors (Lipinski definition) is 3. The fourth-order valence-electron chi connectivity index (χ4n) is 2.90. The molecule has 0 aliphatic heterocycles. The van der Waals surface area contributed by atoms with Crippen molar-refractivity contribution in [2.75, 3.05) is 13.2 Å². The fourth-order valence-corrected chi connectivity index (χ4v) is 2.90. The number of aliphatic hydroxyl groups is 1. The second-order valence-corrected chi connectivity index (χ2v) is 7.52. The third kappa shape index (κ3) is 4.41. The standard InChI is InChI=1S/C19H28N2O3/c1-13-3-6-15(17(9-13)24-11-14-4-5-14)10-20-18(23)21-19(2,12-22)16-7-8-16/h3,6,9,14,16,22H,4-5,7-8,10-12H2,1-2H3,(H2,20,21,23). The number of hydrogen-bond donors (Lipinski definition) is 3. The highest BCUT2D eigenvalue weighted by Gasteiger charge is 2.42. The van der Waals surface area contributed by atoms with E-state index >= 15 is 0 Å². The molecule has 0 bridgehead atoms. The number of benzene rings is 1. The Hall–Kier alpha value is -1.75. The van der Waals surface area contributed by atoms with Crippen molar-refractivity contribution in [1.82, 2.24) is 10.6 Å². The predicted molar refractivity (Wildman–Crippen MR) is 93.0 cm³/mol. The summed E-state index contributed by atoms with van der Waals surface area (Å²) in [6.07, 6.45) is 4.63. The number of urea groups is 1. The number of amides is 2. The van der Waals surface area contributed by atoms with Gasteiger partial charge in [-0.05, 0) is 63.0 Å². The van der Waals surface area contributed by atoms with E-state index in [1.807, 2.05) is 32.0 Å². The highest BCUT2D eigenvalue weighted by atomic mass is 16.5. The summed E-state index contributed by atoms with van der Waals surface area (Å²) < 4.78 is 5.93. The SMILES string of the molecule is Cc1ccc(CNC(=O)NC(C)(CO)C2CC2)c(OCC2CC2)c1. The van der Waals surface area contributed by atoms with Gasteiger partial charge in [-0.15, -0.1) is 0 Å². The second kappa shape index (κ2) is 7.01. The molecule has 0 radical (unpaired) electrons. The summed E-state index contributed by atoms with van der Waals surface area (Å²) in [5.41, 5.74) is 1.60. The lowest BCUT2D eigenvalue weighted by Gasteiger charge is -2.28. The minimum absolute atomic E-state index is 0.0363. The number of aryl methyl sites for hydroxylation is 1. The van der Waals surface area contributed by atoms with E-state index in [2.05, 4.69) is 10.6 Å². The first kappa shape index (κ1) is 17.1. The van der Waals surface area contributed by atoms with E-state index < -0.39 is 5.54 Å². The predicted octanol–water partition coefficient (Wildman–Crippen LogP) is 2.74. The average molecular weight is 332 g/mol. The molecule has 3 rings (SSSR count). The van der Waals surface area contributed by atoms with E-state index in [0.29, 0.717) is 18.4 Å². The topological polar surface area (TPSA) is 70.6 Å². The van der Waals surface area contributed by atoms with Crippen LogP contribution in [0.2, 0.25) is 0 Å². The highest BCUT2D eigenvalue weighted by molar-refractivity contribution is 5.75. The minimum Gasteiger partial charge on any atom is -0.493 e. The van der Waals surface area contributed by atoms with Crippen LogP contribution in [0.1, 0.15) is 43.7 Å². The molecule has 0 spiro atoms. The Morgan fingerprint density at radius 2 is 2.08 bits per heavy atom. The quantitative estimate of drug-likeness (QED) is 0.685. The van der Waals surface area contributed by atoms with Crippen LogP contribution in [0.15, 0.2) is 18.2 Å². The third-order valence-electron chi connectivity index (χ3n) is 5.04. The molecule has 132 valence electrons. The summed E-state index contributed by atoms with van der Waals surface area (Å²) in [6.45, 7) is 5.08. The summed E-state index contributed by atoms with van der Waals surface area (Å²) in [7, 11) is 0. The van der Waals surface area contributed by atoms with Gasteiger partial charge in [0.15, 0.2) is 0 Å². The van der Waals surface area contributed by atoms with Crippen LogP contribution in [0.3, 0.4) is 0 Å². The van der Waals surface area contributed by atoms with Crippen LogP contribution >= 0.6 is 0 Å². The van der Waals surface area contributed by atoms with Crippen molar-refractivity contribution in [3.8, 4) is 5.75 Å². The van der Waals surface area contributed by atoms with Crippen LogP contribution in [0.5, 0.6) is 5.75 Å². The fraction of sp³-hybridized carbons (Fsp3) is 0.632. The van der Waals surface area contributed by atoms with E-state index in [-0.39, 0.29) is 12.6 Å². The molecule has 2 fully saturated rings. The Morgan fingerprint density at radius 1 is 1.33 bits per heavy atom. The summed E-state index contributed by atoms with van der Waals surface area (Å²) >= 11 is 0. The maximum Gasteiger partial charge on any atom is 0.315 e. The van der Waals surface area contributed by atoms with Crippen LogP contribution < -0.4 is 15.4 Å². The maximum atomic E-state index is 12.2. The van der Waals surface area contributed by atoms with Gasteiger partial charge in [0.25, 0.3) is 0 Å². The van der Waals surface area contributed by atoms with Crippen LogP contribution in [-0.2, 0) is 6.54 Å². The lowest BCUT2D eigenvalue weighted by Crippen LogP contribution is -2.53. The molecule has 1 unspecified atom stereocenters. The van der Waals surface area contributed by atoms with Gasteiger partial charge in [-0.2, -0.15) is 0 Å². The molecule has 1 aromatic rings. The van der Waals surface area contributed by atoms with Crippen LogP contribution in [0.4, 0.5) is 4.79 Å². The normalized spacial score (nSPS) is 19.5. The Labute approximate surface area is 143 Å². The molecule has 2 aliphatic carbocycles. The van der Waals surface area contributed by atoms with E-state index in [1.54, 1.807) is 0 Å². The van der Waals surface area contributed by atoms with Crippen molar-refractivity contribution >= 4 is 6.03 Å². The molecule has 3 N–H and O–H groups in total. The first-order valence-electron chi connectivity index (χ1n) is 8.89. The van der Waals surface area contributed by atoms with E-state index in [0.717, 1.165) is 36.3 Å². The van der Waals surface area contributed by atoms with Gasteiger partial charge in [0.2, 0.25) is 0 Å². The molecule has 1 aromatic carbocycles. The second-order valence-electron chi connectivity index (χ2n) is 7.52. The van der Waals surface area contributed by atoms with E-state index in [4.69, 9.17) is 4.74 Å². The number of nitrogens with one attached hydrogen (secondary N) is 2. The van der Waals surface area contributed by atoms with Crippen molar-refractivity contribution in [2.24, 2.45) is 11.8 Å². The van der Waals surface area contributed by atoms with Gasteiger partial charge in [-0.3, -0.25) is 0 Å². The van der Waals surface area contributed by atoms with Crippen LogP contribution in [0, 0.1) is 18.8 Å². The number of rotatable bonds is 8. The molecule has 0 saturated heterocycles. The molecule has 1 atom stereocenters. The Balaban J connectivity index is 1.55. The minimum atomic E-state index is -0.525. The molecule has 24 heavy (non-hydrogen) atoms. The zero-order chi connectivity index (χ0) is 17.2. The van der Waals surface area contributed by atoms with Crippen molar-refractivity contribution in [1.29, 1.82) is 0 Å². The van der Waals surface area contributed by atoms with Gasteiger partial charge in [-0.25, -0.2) is 4.79 Å². The average Bonchev–Trinajstić information content (AvgIpc) is 3.44. The lowest BCUT2D eigenvalue weighted by molar-refractivity contribution is 0.155. The van der Waals surface area contributed by atoms with Crippen molar-refractivity contribution in [3.63, 3.8) is 0 Å². The van der Waals surface area contributed by atoms with Crippen LogP contribution in [-0.4, -0.2) is 29.9 Å². The zero-order valence-electron chi connectivity index (χ0n) is 14.6. The molecule has 0 heterocycles. The maximum absolute atomic E-state index is 12.2. The zero-order valence-corrected chi connectivity index (χ0v) is 14.6. The largest absolute Gasteiger partial charge is 0.493 e. The lowest BCUT2D eigenvalue weighted by atomic mass is 9.97. The van der Waals surface area contributed by atoms with Gasteiger partial charge >= 0.3 is 6.03 Å². The Morgan fingerprint density at radius 3 is 2.71 bits per heavy atom.